The lowest BCUT2D eigenvalue weighted by Gasteiger charge is -2.11. The number of rotatable bonds is 3. The Morgan fingerprint density at radius 3 is 2.37 bits per heavy atom. The van der Waals surface area contributed by atoms with E-state index in [0.29, 0.717) is 16.9 Å². The second-order valence-corrected chi connectivity index (χ2v) is 5.78. The molecule has 1 heterocycles. The highest BCUT2D eigenvalue weighted by Crippen LogP contribution is 2.27. The van der Waals surface area contributed by atoms with Crippen molar-refractivity contribution >= 4 is 39.1 Å². The molecule has 0 spiro atoms. The number of aryl methyl sites for hydroxylation is 2. The summed E-state index contributed by atoms with van der Waals surface area (Å²) in [6.45, 7) is 4.42. The summed E-state index contributed by atoms with van der Waals surface area (Å²) < 4.78 is 6.84. The lowest BCUT2D eigenvalue weighted by atomic mass is 10.1. The fourth-order valence-electron chi connectivity index (χ4n) is 1.70. The van der Waals surface area contributed by atoms with Gasteiger partial charge in [-0.1, -0.05) is 39.1 Å². The normalized spacial score (nSPS) is 10.6. The Hall–Kier alpha value is -0.770. The predicted molar refractivity (Wildman–Crippen MR) is 82.2 cm³/mol. The van der Waals surface area contributed by atoms with Crippen LogP contribution in [0.3, 0.4) is 0 Å². The van der Waals surface area contributed by atoms with Crippen LogP contribution in [0, 0.1) is 13.8 Å². The van der Waals surface area contributed by atoms with Crippen LogP contribution in [0.2, 0.25) is 10.3 Å². The first-order chi connectivity index (χ1) is 8.97. The quantitative estimate of drug-likeness (QED) is 0.688. The Labute approximate surface area is 130 Å². The van der Waals surface area contributed by atoms with Gasteiger partial charge in [-0.05, 0) is 49.2 Å². The van der Waals surface area contributed by atoms with Gasteiger partial charge in [0.1, 0.15) is 22.7 Å². The summed E-state index contributed by atoms with van der Waals surface area (Å²) in [5.41, 5.74) is 3.08. The predicted octanol–water partition coefficient (Wildman–Crippen LogP) is 5.35. The van der Waals surface area contributed by atoms with E-state index in [1.165, 1.54) is 0 Å². The number of nitrogens with zero attached hydrogens (tertiary/aromatic N) is 1. The van der Waals surface area contributed by atoms with Crippen molar-refractivity contribution in [3.8, 4) is 5.75 Å². The molecule has 0 saturated heterocycles. The van der Waals surface area contributed by atoms with E-state index in [1.807, 2.05) is 32.0 Å². The molecule has 19 heavy (non-hydrogen) atoms. The van der Waals surface area contributed by atoms with Gasteiger partial charge in [0.2, 0.25) is 0 Å². The fraction of sp³-hybridized carbons (Fsp3) is 0.214. The molecule has 0 aliphatic carbocycles. The van der Waals surface area contributed by atoms with Crippen LogP contribution in [0.15, 0.2) is 28.7 Å². The summed E-state index contributed by atoms with van der Waals surface area (Å²) in [7, 11) is 0. The van der Waals surface area contributed by atoms with E-state index in [1.54, 1.807) is 6.07 Å². The molecule has 0 aliphatic rings. The van der Waals surface area contributed by atoms with E-state index >= 15 is 0 Å². The van der Waals surface area contributed by atoms with Crippen molar-refractivity contribution in [2.45, 2.75) is 20.5 Å². The highest BCUT2D eigenvalue weighted by Gasteiger charge is 2.06. The van der Waals surface area contributed by atoms with Gasteiger partial charge in [0.25, 0.3) is 0 Å². The molecule has 0 N–H and O–H groups in total. The van der Waals surface area contributed by atoms with Gasteiger partial charge in [-0.25, -0.2) is 4.98 Å². The zero-order chi connectivity index (χ0) is 14.0. The van der Waals surface area contributed by atoms with E-state index in [-0.39, 0.29) is 0 Å². The molecule has 0 bridgehead atoms. The van der Waals surface area contributed by atoms with Crippen molar-refractivity contribution < 1.29 is 4.74 Å². The minimum absolute atomic E-state index is 0.365. The van der Waals surface area contributed by atoms with Gasteiger partial charge in [-0.15, -0.1) is 0 Å². The van der Waals surface area contributed by atoms with E-state index in [2.05, 4.69) is 20.9 Å². The topological polar surface area (TPSA) is 22.1 Å². The van der Waals surface area contributed by atoms with Crippen LogP contribution in [0.5, 0.6) is 5.75 Å². The molecule has 2 aromatic rings. The number of hydrogen-bond donors (Lipinski definition) is 0. The van der Waals surface area contributed by atoms with Gasteiger partial charge in [0, 0.05) is 10.0 Å². The number of ether oxygens (including phenoxy) is 1. The third-order valence-corrected chi connectivity index (χ3v) is 4.48. The molecule has 0 atom stereocenters. The maximum absolute atomic E-state index is 6.00. The first-order valence-electron chi connectivity index (χ1n) is 5.68. The van der Waals surface area contributed by atoms with Crippen LogP contribution in [0.1, 0.15) is 16.7 Å². The van der Waals surface area contributed by atoms with Crippen LogP contribution < -0.4 is 4.74 Å². The molecule has 100 valence electrons. The second kappa shape index (κ2) is 6.12. The number of benzene rings is 1. The van der Waals surface area contributed by atoms with Gasteiger partial charge in [-0.2, -0.15) is 0 Å². The average Bonchev–Trinajstić information content (AvgIpc) is 2.34. The molecular formula is C14H12BrCl2NO. The minimum Gasteiger partial charge on any atom is -0.489 e. The number of halogens is 3. The van der Waals surface area contributed by atoms with Gasteiger partial charge in [0.05, 0.1) is 0 Å². The van der Waals surface area contributed by atoms with Gasteiger partial charge in [-0.3, -0.25) is 0 Å². The average molecular weight is 361 g/mol. The number of aromatic nitrogens is 1. The maximum Gasteiger partial charge on any atom is 0.137 e. The van der Waals surface area contributed by atoms with E-state index in [4.69, 9.17) is 27.9 Å². The van der Waals surface area contributed by atoms with Crippen molar-refractivity contribution in [3.05, 3.63) is 55.7 Å². The van der Waals surface area contributed by atoms with Crippen LogP contribution in [0.4, 0.5) is 0 Å². The molecular weight excluding hydrogens is 349 g/mol. The summed E-state index contributed by atoms with van der Waals surface area (Å²) in [5.74, 6) is 0.809. The molecule has 0 saturated carbocycles. The smallest absolute Gasteiger partial charge is 0.137 e. The third-order valence-electron chi connectivity index (χ3n) is 2.70. The lowest BCUT2D eigenvalue weighted by molar-refractivity contribution is 0.305. The molecule has 2 rings (SSSR count). The lowest BCUT2D eigenvalue weighted by Crippen LogP contribution is -1.98. The highest BCUT2D eigenvalue weighted by molar-refractivity contribution is 9.10. The minimum atomic E-state index is 0.365. The molecule has 0 aliphatic heterocycles. The van der Waals surface area contributed by atoms with Gasteiger partial charge in [0.15, 0.2) is 0 Å². The summed E-state index contributed by atoms with van der Waals surface area (Å²) in [6.07, 6.45) is 0. The number of hydrogen-bond acceptors (Lipinski definition) is 2. The van der Waals surface area contributed by atoms with Crippen molar-refractivity contribution in [1.29, 1.82) is 0 Å². The van der Waals surface area contributed by atoms with E-state index in [0.717, 1.165) is 26.9 Å². The largest absolute Gasteiger partial charge is 0.489 e. The molecule has 5 heteroatoms. The van der Waals surface area contributed by atoms with Crippen LogP contribution in [0.25, 0.3) is 0 Å². The van der Waals surface area contributed by atoms with Crippen molar-refractivity contribution in [3.63, 3.8) is 0 Å². The molecule has 0 fully saturated rings. The summed E-state index contributed by atoms with van der Waals surface area (Å²) in [6, 6.07) is 7.48. The molecule has 1 aromatic heterocycles. The van der Waals surface area contributed by atoms with E-state index < -0.39 is 0 Å². The summed E-state index contributed by atoms with van der Waals surface area (Å²) in [4.78, 5) is 3.98. The Bertz CT molecular complexity index is 593. The molecule has 2 nitrogen and oxygen atoms in total. The molecule has 0 unspecified atom stereocenters. The van der Waals surface area contributed by atoms with Crippen molar-refractivity contribution in [1.82, 2.24) is 4.98 Å². The van der Waals surface area contributed by atoms with Crippen LogP contribution in [-0.4, -0.2) is 4.98 Å². The second-order valence-electron chi connectivity index (χ2n) is 4.24. The van der Waals surface area contributed by atoms with E-state index in [9.17, 15) is 0 Å². The molecule has 0 radical (unpaired) electrons. The Kier molecular flexibility index (Phi) is 4.71. The standard InChI is InChI=1S/C14H12BrCl2NO/c1-8-5-11(6-9(2)13(8)15)19-7-10-3-4-12(16)18-14(10)17/h3-6H,7H2,1-2H3. The summed E-state index contributed by atoms with van der Waals surface area (Å²) >= 11 is 15.3. The monoisotopic (exact) mass is 359 g/mol. The number of pyridine rings is 1. The SMILES string of the molecule is Cc1cc(OCc2ccc(Cl)nc2Cl)cc(C)c1Br. The Morgan fingerprint density at radius 1 is 1.16 bits per heavy atom. The maximum atomic E-state index is 6.00. The van der Waals surface area contributed by atoms with Crippen LogP contribution >= 0.6 is 39.1 Å². The zero-order valence-corrected chi connectivity index (χ0v) is 13.6. The first-order valence-corrected chi connectivity index (χ1v) is 7.22. The van der Waals surface area contributed by atoms with Crippen molar-refractivity contribution in [2.75, 3.05) is 0 Å². The van der Waals surface area contributed by atoms with Gasteiger partial charge >= 0.3 is 0 Å². The molecule has 1 aromatic carbocycles. The summed E-state index contributed by atoms with van der Waals surface area (Å²) in [5, 5.41) is 0.752. The first kappa shape index (κ1) is 14.6. The zero-order valence-electron chi connectivity index (χ0n) is 10.5. The fourth-order valence-corrected chi connectivity index (χ4v) is 2.33. The van der Waals surface area contributed by atoms with Crippen molar-refractivity contribution in [2.24, 2.45) is 0 Å². The Balaban J connectivity index is 2.14. The Morgan fingerprint density at radius 2 is 1.79 bits per heavy atom. The third kappa shape index (κ3) is 3.62. The van der Waals surface area contributed by atoms with Crippen LogP contribution in [-0.2, 0) is 6.61 Å². The highest BCUT2D eigenvalue weighted by atomic mass is 79.9. The molecule has 0 amide bonds. The van der Waals surface area contributed by atoms with Gasteiger partial charge < -0.3 is 4.74 Å².